The van der Waals surface area contributed by atoms with Crippen LogP contribution in [0.15, 0.2) is 0 Å². The van der Waals surface area contributed by atoms with Gasteiger partial charge in [0.25, 0.3) is 0 Å². The molecule has 0 spiro atoms. The van der Waals surface area contributed by atoms with Crippen LogP contribution in [0, 0.1) is 16.9 Å². The highest BCUT2D eigenvalue weighted by molar-refractivity contribution is 5.78. The normalized spacial score (nSPS) is 26.9. The highest BCUT2D eigenvalue weighted by atomic mass is 16.5. The van der Waals surface area contributed by atoms with E-state index in [-0.39, 0.29) is 18.2 Å². The molecule has 0 aliphatic carbocycles. The van der Waals surface area contributed by atoms with Crippen molar-refractivity contribution in [3.05, 3.63) is 0 Å². The van der Waals surface area contributed by atoms with Gasteiger partial charge in [-0.25, -0.2) is 0 Å². The zero-order valence-electron chi connectivity index (χ0n) is 8.82. The predicted molar refractivity (Wildman–Crippen MR) is 52.7 cm³/mol. The van der Waals surface area contributed by atoms with Gasteiger partial charge in [-0.1, -0.05) is 0 Å². The number of guanidine groups is 1. The smallest absolute Gasteiger partial charge is 0.207 e. The van der Waals surface area contributed by atoms with E-state index in [1.807, 2.05) is 24.9 Å². The van der Waals surface area contributed by atoms with Gasteiger partial charge in [-0.2, -0.15) is 5.26 Å². The molecule has 78 valence electrons. The molecule has 14 heavy (non-hydrogen) atoms. The van der Waals surface area contributed by atoms with Crippen molar-refractivity contribution in [2.75, 3.05) is 20.1 Å². The lowest BCUT2D eigenvalue weighted by atomic mass is 10.2. The van der Waals surface area contributed by atoms with Crippen LogP contribution in [0.2, 0.25) is 0 Å². The third-order valence-electron chi connectivity index (χ3n) is 2.19. The van der Waals surface area contributed by atoms with Gasteiger partial charge in [0.15, 0.2) is 6.19 Å². The molecule has 0 saturated carbocycles. The summed E-state index contributed by atoms with van der Waals surface area (Å²) in [6.07, 6.45) is 2.15. The number of morpholine rings is 1. The summed E-state index contributed by atoms with van der Waals surface area (Å²) in [4.78, 5) is 3.12. The van der Waals surface area contributed by atoms with Gasteiger partial charge in [0.05, 0.1) is 12.2 Å². The van der Waals surface area contributed by atoms with Gasteiger partial charge in [0, 0.05) is 20.1 Å². The second-order valence-corrected chi connectivity index (χ2v) is 3.64. The largest absolute Gasteiger partial charge is 0.372 e. The van der Waals surface area contributed by atoms with Crippen molar-refractivity contribution < 1.29 is 4.74 Å². The fourth-order valence-electron chi connectivity index (χ4n) is 1.61. The Bertz CT molecular complexity index is 250. The SMILES string of the molecule is CC1CN(C(=N)N(C)C#N)CC(C)O1. The molecule has 1 aliphatic heterocycles. The van der Waals surface area contributed by atoms with Crippen LogP contribution in [-0.4, -0.2) is 48.1 Å². The minimum Gasteiger partial charge on any atom is -0.372 e. The van der Waals surface area contributed by atoms with Crippen molar-refractivity contribution in [1.82, 2.24) is 9.80 Å². The summed E-state index contributed by atoms with van der Waals surface area (Å²) >= 11 is 0. The monoisotopic (exact) mass is 196 g/mol. The Hall–Kier alpha value is -1.28. The molecule has 0 bridgehead atoms. The van der Waals surface area contributed by atoms with E-state index in [4.69, 9.17) is 15.4 Å². The fourth-order valence-corrected chi connectivity index (χ4v) is 1.61. The van der Waals surface area contributed by atoms with E-state index in [0.717, 1.165) is 0 Å². The highest BCUT2D eigenvalue weighted by Gasteiger charge is 2.25. The maximum absolute atomic E-state index is 8.64. The molecule has 1 aliphatic rings. The van der Waals surface area contributed by atoms with Crippen LogP contribution in [0.3, 0.4) is 0 Å². The number of hydrogen-bond donors (Lipinski definition) is 1. The van der Waals surface area contributed by atoms with E-state index in [1.54, 1.807) is 7.05 Å². The van der Waals surface area contributed by atoms with Crippen LogP contribution in [0.4, 0.5) is 0 Å². The summed E-state index contributed by atoms with van der Waals surface area (Å²) in [6, 6.07) is 0. The van der Waals surface area contributed by atoms with Gasteiger partial charge < -0.3 is 9.64 Å². The average molecular weight is 196 g/mol. The van der Waals surface area contributed by atoms with E-state index in [0.29, 0.717) is 13.1 Å². The summed E-state index contributed by atoms with van der Waals surface area (Å²) in [7, 11) is 1.59. The molecule has 0 amide bonds. The van der Waals surface area contributed by atoms with Crippen molar-refractivity contribution in [2.45, 2.75) is 26.1 Å². The predicted octanol–water partition coefficient (Wildman–Crippen LogP) is 0.443. The Morgan fingerprint density at radius 3 is 2.43 bits per heavy atom. The summed E-state index contributed by atoms with van der Waals surface area (Å²) in [5.74, 6) is 0.245. The molecule has 2 atom stereocenters. The Balaban J connectivity index is 2.60. The first kappa shape index (κ1) is 10.8. The number of nitrogens with one attached hydrogen (secondary N) is 1. The second kappa shape index (κ2) is 4.29. The number of nitrogens with zero attached hydrogens (tertiary/aromatic N) is 3. The quantitative estimate of drug-likeness (QED) is 0.264. The Morgan fingerprint density at radius 2 is 2.00 bits per heavy atom. The molecule has 0 aromatic heterocycles. The fraction of sp³-hybridized carbons (Fsp3) is 0.778. The molecule has 0 aromatic carbocycles. The van der Waals surface area contributed by atoms with E-state index in [2.05, 4.69) is 0 Å². The number of ether oxygens (including phenoxy) is 1. The molecule has 5 heteroatoms. The zero-order chi connectivity index (χ0) is 10.7. The van der Waals surface area contributed by atoms with Gasteiger partial charge in [-0.15, -0.1) is 0 Å². The molecular weight excluding hydrogens is 180 g/mol. The number of hydrogen-bond acceptors (Lipinski definition) is 3. The minimum atomic E-state index is 0.117. The summed E-state index contributed by atoms with van der Waals surface area (Å²) in [6.45, 7) is 5.30. The first-order valence-corrected chi connectivity index (χ1v) is 4.67. The van der Waals surface area contributed by atoms with Gasteiger partial charge in [-0.05, 0) is 13.8 Å². The van der Waals surface area contributed by atoms with Gasteiger partial charge in [-0.3, -0.25) is 10.3 Å². The maximum Gasteiger partial charge on any atom is 0.207 e. The Kier molecular flexibility index (Phi) is 3.31. The van der Waals surface area contributed by atoms with Crippen molar-refractivity contribution in [3.63, 3.8) is 0 Å². The lowest BCUT2D eigenvalue weighted by Crippen LogP contribution is -2.51. The highest BCUT2D eigenvalue weighted by Crippen LogP contribution is 2.11. The lowest BCUT2D eigenvalue weighted by Gasteiger charge is -2.37. The maximum atomic E-state index is 8.64. The molecule has 5 nitrogen and oxygen atoms in total. The van der Waals surface area contributed by atoms with Crippen LogP contribution < -0.4 is 0 Å². The van der Waals surface area contributed by atoms with E-state index in [1.165, 1.54) is 4.90 Å². The molecule has 2 unspecified atom stereocenters. The second-order valence-electron chi connectivity index (χ2n) is 3.64. The lowest BCUT2D eigenvalue weighted by molar-refractivity contribution is -0.0503. The Labute approximate surface area is 84.4 Å². The van der Waals surface area contributed by atoms with Crippen LogP contribution in [0.1, 0.15) is 13.8 Å². The van der Waals surface area contributed by atoms with E-state index >= 15 is 0 Å². The van der Waals surface area contributed by atoms with Gasteiger partial charge >= 0.3 is 0 Å². The van der Waals surface area contributed by atoms with Crippen LogP contribution in [0.5, 0.6) is 0 Å². The van der Waals surface area contributed by atoms with Crippen LogP contribution >= 0.6 is 0 Å². The molecule has 1 rings (SSSR count). The topological polar surface area (TPSA) is 63.4 Å². The molecule has 1 saturated heterocycles. The molecular formula is C9H16N4O. The van der Waals surface area contributed by atoms with Crippen LogP contribution in [0.25, 0.3) is 0 Å². The third-order valence-corrected chi connectivity index (χ3v) is 2.19. The van der Waals surface area contributed by atoms with E-state index < -0.39 is 0 Å². The third kappa shape index (κ3) is 2.36. The molecule has 1 N–H and O–H groups in total. The van der Waals surface area contributed by atoms with E-state index in [9.17, 15) is 0 Å². The molecule has 0 aromatic rings. The van der Waals surface area contributed by atoms with Crippen molar-refractivity contribution in [2.24, 2.45) is 0 Å². The number of nitriles is 1. The van der Waals surface area contributed by atoms with Gasteiger partial charge in [0.2, 0.25) is 5.96 Å². The van der Waals surface area contributed by atoms with Crippen molar-refractivity contribution in [3.8, 4) is 6.19 Å². The zero-order valence-corrected chi connectivity index (χ0v) is 8.82. The van der Waals surface area contributed by atoms with Crippen molar-refractivity contribution in [1.29, 1.82) is 10.7 Å². The van der Waals surface area contributed by atoms with Crippen molar-refractivity contribution >= 4 is 5.96 Å². The molecule has 1 heterocycles. The standard InChI is InChI=1S/C9H16N4O/c1-7-4-13(5-8(2)14-7)9(11)12(3)6-10/h7-8,11H,4-5H2,1-3H3. The summed E-state index contributed by atoms with van der Waals surface area (Å²) in [5, 5.41) is 16.4. The summed E-state index contributed by atoms with van der Waals surface area (Å²) < 4.78 is 5.54. The number of rotatable bonds is 0. The van der Waals surface area contributed by atoms with Gasteiger partial charge in [0.1, 0.15) is 0 Å². The molecule has 0 radical (unpaired) electrons. The van der Waals surface area contributed by atoms with Crippen LogP contribution in [-0.2, 0) is 4.74 Å². The average Bonchev–Trinajstić information content (AvgIpc) is 2.14. The molecule has 1 fully saturated rings. The minimum absolute atomic E-state index is 0.117. The Morgan fingerprint density at radius 1 is 1.50 bits per heavy atom. The summed E-state index contributed by atoms with van der Waals surface area (Å²) in [5.41, 5.74) is 0. The first-order valence-electron chi connectivity index (χ1n) is 4.67. The first-order chi connectivity index (χ1) is 6.54.